The number of carbonyl (C=O) groups excluding carboxylic acids is 1. The zero-order valence-corrected chi connectivity index (χ0v) is 19.9. The van der Waals surface area contributed by atoms with Crippen LogP contribution in [0.3, 0.4) is 0 Å². The predicted molar refractivity (Wildman–Crippen MR) is 125 cm³/mol. The van der Waals surface area contributed by atoms with Gasteiger partial charge in [-0.25, -0.2) is 8.42 Å². The molecule has 1 fully saturated rings. The lowest BCUT2D eigenvalue weighted by Crippen LogP contribution is -2.35. The van der Waals surface area contributed by atoms with Gasteiger partial charge in [-0.15, -0.1) is 0 Å². The Morgan fingerprint density at radius 1 is 1.06 bits per heavy atom. The number of aryl methyl sites for hydroxylation is 1. The van der Waals surface area contributed by atoms with E-state index in [1.54, 1.807) is 30.3 Å². The van der Waals surface area contributed by atoms with Crippen LogP contribution in [-0.4, -0.2) is 38.3 Å². The van der Waals surface area contributed by atoms with Crippen LogP contribution in [0, 0.1) is 6.92 Å². The van der Waals surface area contributed by atoms with E-state index in [0.29, 0.717) is 28.8 Å². The fourth-order valence-electron chi connectivity index (χ4n) is 3.49. The number of sulfonamides is 1. The van der Waals surface area contributed by atoms with Crippen LogP contribution in [0.1, 0.15) is 43.4 Å². The minimum atomic E-state index is -3.56. The monoisotopic (exact) mass is 483 g/mol. The number of hydrogen-bond donors (Lipinski definition) is 2. The minimum absolute atomic E-state index is 0.0595. The van der Waals surface area contributed by atoms with Gasteiger partial charge in [-0.05, 0) is 62.1 Å². The number of rotatable bonds is 7. The highest BCUT2D eigenvalue weighted by Crippen LogP contribution is 2.26. The summed E-state index contributed by atoms with van der Waals surface area (Å²) in [5.74, 6) is -0.262. The second-order valence-corrected chi connectivity index (χ2v) is 10.5. The van der Waals surface area contributed by atoms with Crippen molar-refractivity contribution >= 4 is 44.8 Å². The lowest BCUT2D eigenvalue weighted by Gasteiger charge is -2.26. The number of carbonyl (C=O) groups is 1. The van der Waals surface area contributed by atoms with E-state index in [4.69, 9.17) is 23.2 Å². The predicted octanol–water partition coefficient (Wildman–Crippen LogP) is 4.77. The van der Waals surface area contributed by atoms with Crippen LogP contribution in [0.15, 0.2) is 41.3 Å². The maximum atomic E-state index is 12.9. The molecule has 2 aromatic carbocycles. The number of amides is 1. The second-order valence-electron chi connectivity index (χ2n) is 7.77. The fourth-order valence-corrected chi connectivity index (χ4v) is 5.34. The van der Waals surface area contributed by atoms with Gasteiger partial charge >= 0.3 is 0 Å². The molecule has 31 heavy (non-hydrogen) atoms. The Morgan fingerprint density at radius 3 is 2.45 bits per heavy atom. The van der Waals surface area contributed by atoms with Gasteiger partial charge in [0.15, 0.2) is 0 Å². The Morgan fingerprint density at radius 2 is 1.77 bits per heavy atom. The molecule has 1 aliphatic heterocycles. The first kappa shape index (κ1) is 24.0. The highest BCUT2D eigenvalue weighted by molar-refractivity contribution is 7.89. The number of nitrogens with zero attached hydrogens (tertiary/aromatic N) is 1. The first-order chi connectivity index (χ1) is 14.7. The zero-order valence-electron chi connectivity index (χ0n) is 17.6. The Kier molecular flexibility index (Phi) is 7.99. The van der Waals surface area contributed by atoms with E-state index in [9.17, 15) is 13.2 Å². The van der Waals surface area contributed by atoms with E-state index in [0.717, 1.165) is 30.4 Å². The molecule has 0 bridgehead atoms. The maximum Gasteiger partial charge on any atom is 0.243 e. The molecular formula is C22H27Cl2N3O3S. The molecule has 1 amide bonds. The molecular weight excluding hydrogens is 457 g/mol. The van der Waals surface area contributed by atoms with Crippen molar-refractivity contribution in [1.82, 2.24) is 9.62 Å². The van der Waals surface area contributed by atoms with E-state index < -0.39 is 10.0 Å². The fraction of sp³-hybridized carbons (Fsp3) is 0.409. The molecule has 0 spiro atoms. The third-order valence-corrected chi connectivity index (χ3v) is 8.08. The molecule has 9 heteroatoms. The summed E-state index contributed by atoms with van der Waals surface area (Å²) in [6.07, 6.45) is 2.80. The van der Waals surface area contributed by atoms with Gasteiger partial charge in [0.05, 0.1) is 21.5 Å². The molecule has 1 aliphatic rings. The van der Waals surface area contributed by atoms with Crippen LogP contribution in [0.5, 0.6) is 0 Å². The third kappa shape index (κ3) is 5.99. The first-order valence-electron chi connectivity index (χ1n) is 10.3. The summed E-state index contributed by atoms with van der Waals surface area (Å²) in [6, 6.07) is 10.1. The lowest BCUT2D eigenvalue weighted by atomic mass is 10.1. The zero-order chi connectivity index (χ0) is 22.6. The molecule has 1 heterocycles. The Labute approximate surface area is 194 Å². The van der Waals surface area contributed by atoms with Gasteiger partial charge < -0.3 is 10.6 Å². The third-order valence-electron chi connectivity index (χ3n) is 5.45. The van der Waals surface area contributed by atoms with Crippen LogP contribution >= 0.6 is 23.2 Å². The van der Waals surface area contributed by atoms with Crippen molar-refractivity contribution in [1.29, 1.82) is 0 Å². The molecule has 6 nitrogen and oxygen atoms in total. The van der Waals surface area contributed by atoms with Crippen LogP contribution in [0.4, 0.5) is 5.69 Å². The van der Waals surface area contributed by atoms with Crippen molar-refractivity contribution in [2.24, 2.45) is 0 Å². The van der Waals surface area contributed by atoms with Crippen molar-refractivity contribution in [3.05, 3.63) is 57.6 Å². The molecule has 0 radical (unpaired) electrons. The quantitative estimate of drug-likeness (QED) is 0.594. The molecule has 168 valence electrons. The topological polar surface area (TPSA) is 78.5 Å². The average molecular weight is 484 g/mol. The molecule has 0 aliphatic carbocycles. The van der Waals surface area contributed by atoms with Crippen LogP contribution < -0.4 is 10.6 Å². The summed E-state index contributed by atoms with van der Waals surface area (Å²) in [7, 11) is -3.56. The second kappa shape index (κ2) is 10.3. The van der Waals surface area contributed by atoms with Crippen LogP contribution in [0.2, 0.25) is 10.0 Å². The van der Waals surface area contributed by atoms with E-state index in [2.05, 4.69) is 10.6 Å². The van der Waals surface area contributed by atoms with Crippen LogP contribution in [-0.2, 0) is 14.8 Å². The summed E-state index contributed by atoms with van der Waals surface area (Å²) >= 11 is 12.0. The number of anilines is 1. The highest BCUT2D eigenvalue weighted by Gasteiger charge is 2.26. The van der Waals surface area contributed by atoms with Gasteiger partial charge in [0.1, 0.15) is 0 Å². The molecule has 2 N–H and O–H groups in total. The maximum absolute atomic E-state index is 12.9. The Bertz CT molecular complexity index is 1050. The first-order valence-corrected chi connectivity index (χ1v) is 12.5. The number of hydrogen-bond acceptors (Lipinski definition) is 4. The van der Waals surface area contributed by atoms with E-state index in [1.165, 1.54) is 4.31 Å². The summed E-state index contributed by atoms with van der Waals surface area (Å²) in [6.45, 7) is 4.88. The van der Waals surface area contributed by atoms with Crippen LogP contribution in [0.25, 0.3) is 0 Å². The van der Waals surface area contributed by atoms with E-state index in [-0.39, 0.29) is 23.4 Å². The van der Waals surface area contributed by atoms with Crippen molar-refractivity contribution in [3.8, 4) is 0 Å². The minimum Gasteiger partial charge on any atom is -0.325 e. The smallest absolute Gasteiger partial charge is 0.243 e. The van der Waals surface area contributed by atoms with Crippen molar-refractivity contribution < 1.29 is 13.2 Å². The van der Waals surface area contributed by atoms with Crippen molar-refractivity contribution in [2.45, 2.75) is 44.0 Å². The van der Waals surface area contributed by atoms with Gasteiger partial charge in [-0.2, -0.15) is 4.31 Å². The van der Waals surface area contributed by atoms with Gasteiger partial charge in [-0.3, -0.25) is 4.79 Å². The molecule has 2 aromatic rings. The molecule has 3 rings (SSSR count). The Balaban J connectivity index is 1.65. The summed E-state index contributed by atoms with van der Waals surface area (Å²) < 4.78 is 27.4. The molecule has 0 unspecified atom stereocenters. The lowest BCUT2D eigenvalue weighted by molar-refractivity contribution is -0.115. The van der Waals surface area contributed by atoms with Gasteiger partial charge in [0.2, 0.25) is 15.9 Å². The number of halogens is 2. The summed E-state index contributed by atoms with van der Waals surface area (Å²) in [5, 5.41) is 6.90. The molecule has 0 saturated carbocycles. The standard InChI is InChI=1S/C22H27Cl2N3O3S/c1-15-6-8-18(31(29,30)27-10-4-3-5-11-27)13-21(15)26-22(28)14-25-16(2)17-7-9-19(23)20(24)12-17/h6-9,12-13,16,25H,3-5,10-11,14H2,1-2H3,(H,26,28)/t16-/m1/s1. The Hall–Kier alpha value is -1.64. The molecule has 0 aromatic heterocycles. The molecule has 1 atom stereocenters. The number of piperidine rings is 1. The highest BCUT2D eigenvalue weighted by atomic mass is 35.5. The normalized spacial score (nSPS) is 16.1. The largest absolute Gasteiger partial charge is 0.325 e. The average Bonchev–Trinajstić information content (AvgIpc) is 2.76. The van der Waals surface area contributed by atoms with E-state index >= 15 is 0 Å². The SMILES string of the molecule is Cc1ccc(S(=O)(=O)N2CCCCC2)cc1NC(=O)CN[C@H](C)c1ccc(Cl)c(Cl)c1. The summed E-state index contributed by atoms with van der Waals surface area (Å²) in [5.41, 5.74) is 2.20. The van der Waals surface area contributed by atoms with Gasteiger partial charge in [0.25, 0.3) is 0 Å². The van der Waals surface area contributed by atoms with Crippen molar-refractivity contribution in [2.75, 3.05) is 25.0 Å². The van der Waals surface area contributed by atoms with Gasteiger partial charge in [-0.1, -0.05) is 41.8 Å². The van der Waals surface area contributed by atoms with Gasteiger partial charge in [0, 0.05) is 24.8 Å². The number of benzene rings is 2. The van der Waals surface area contributed by atoms with E-state index in [1.807, 2.05) is 19.9 Å². The summed E-state index contributed by atoms with van der Waals surface area (Å²) in [4.78, 5) is 12.7. The number of nitrogens with one attached hydrogen (secondary N) is 2. The molecule has 1 saturated heterocycles. The van der Waals surface area contributed by atoms with Crippen molar-refractivity contribution in [3.63, 3.8) is 0 Å².